The van der Waals surface area contributed by atoms with Gasteiger partial charge in [0, 0.05) is 11.8 Å². The molecule has 90 valence electrons. The highest BCUT2D eigenvalue weighted by Gasteiger charge is 2.08. The summed E-state index contributed by atoms with van der Waals surface area (Å²) in [7, 11) is 0. The second-order valence-electron chi connectivity index (χ2n) is 4.05. The lowest BCUT2D eigenvalue weighted by Gasteiger charge is -2.06. The second kappa shape index (κ2) is 3.73. The van der Waals surface area contributed by atoms with Gasteiger partial charge in [-0.3, -0.25) is 9.38 Å². The smallest absolute Gasteiger partial charge is 0.219 e. The van der Waals surface area contributed by atoms with Gasteiger partial charge in [0.15, 0.2) is 5.65 Å². The molecule has 0 spiro atoms. The Labute approximate surface area is 103 Å². The van der Waals surface area contributed by atoms with Gasteiger partial charge in [-0.15, -0.1) is 5.75 Å². The molecule has 0 saturated heterocycles. The molecule has 5 nitrogen and oxygen atoms in total. The molecule has 0 bridgehead atoms. The molecule has 0 aliphatic carbocycles. The molecule has 0 saturated carbocycles. The van der Waals surface area contributed by atoms with Gasteiger partial charge in [0.05, 0.1) is 11.9 Å². The van der Waals surface area contributed by atoms with Gasteiger partial charge in [0.25, 0.3) is 0 Å². The molecule has 0 aliphatic rings. The lowest BCUT2D eigenvalue weighted by Crippen LogP contribution is -1.92. The summed E-state index contributed by atoms with van der Waals surface area (Å²) in [5.41, 5.74) is 2.65. The zero-order valence-electron chi connectivity index (χ0n) is 9.66. The van der Waals surface area contributed by atoms with E-state index in [4.69, 9.17) is 0 Å². The molecule has 5 heteroatoms. The normalized spacial score (nSPS) is 10.9. The van der Waals surface area contributed by atoms with E-state index in [0.717, 1.165) is 5.56 Å². The summed E-state index contributed by atoms with van der Waals surface area (Å²) in [5.74, 6) is 0.0650. The number of aromatic hydroxyl groups is 1. The average molecular weight is 240 g/mol. The van der Waals surface area contributed by atoms with Gasteiger partial charge in [0.2, 0.25) is 5.88 Å². The zero-order valence-corrected chi connectivity index (χ0v) is 9.66. The number of hydrogen-bond donors (Lipinski definition) is 1. The van der Waals surface area contributed by atoms with E-state index < -0.39 is 0 Å². The van der Waals surface area contributed by atoms with Crippen LogP contribution >= 0.6 is 0 Å². The molecule has 0 radical (unpaired) electrons. The lowest BCUT2D eigenvalue weighted by molar-refractivity contribution is -0.268. The van der Waals surface area contributed by atoms with Crippen LogP contribution in [0, 0.1) is 6.92 Å². The molecule has 3 aromatic rings. The lowest BCUT2D eigenvalue weighted by atomic mass is 10.1. The minimum Gasteiger partial charge on any atom is -0.872 e. The number of hydrogen-bond acceptors (Lipinski definition) is 4. The number of fused-ring (bicyclic) bond motifs is 1. The van der Waals surface area contributed by atoms with Crippen molar-refractivity contribution in [2.75, 3.05) is 0 Å². The maximum Gasteiger partial charge on any atom is 0.219 e. The maximum atomic E-state index is 11.0. The fraction of sp³-hybridized carbons (Fsp3) is 0.0769. The Hall–Kier alpha value is -2.56. The molecule has 18 heavy (non-hydrogen) atoms. The molecule has 0 unspecified atom stereocenters. The molecule has 1 N–H and O–H groups in total. The van der Waals surface area contributed by atoms with E-state index in [1.807, 2.05) is 0 Å². The van der Waals surface area contributed by atoms with Gasteiger partial charge in [-0.2, -0.15) is 0 Å². The van der Waals surface area contributed by atoms with Crippen molar-refractivity contribution in [2.45, 2.75) is 6.92 Å². The second-order valence-corrected chi connectivity index (χ2v) is 4.05. The van der Waals surface area contributed by atoms with Crippen LogP contribution in [-0.4, -0.2) is 19.5 Å². The van der Waals surface area contributed by atoms with Gasteiger partial charge in [0.1, 0.15) is 5.69 Å². The van der Waals surface area contributed by atoms with Crippen LogP contribution in [0.15, 0.2) is 36.7 Å². The monoisotopic (exact) mass is 240 g/mol. The SMILES string of the molecule is Cc1nc2cnc(-c3ccc([O-])cc3)cn2c1O. The first-order valence-corrected chi connectivity index (χ1v) is 5.46. The molecule has 0 atom stereocenters. The van der Waals surface area contributed by atoms with Crippen molar-refractivity contribution in [2.24, 2.45) is 0 Å². The van der Waals surface area contributed by atoms with Crippen LogP contribution < -0.4 is 5.11 Å². The first-order chi connectivity index (χ1) is 8.65. The summed E-state index contributed by atoms with van der Waals surface area (Å²) in [4.78, 5) is 8.43. The summed E-state index contributed by atoms with van der Waals surface area (Å²) in [5, 5.41) is 20.9. The number of aryl methyl sites for hydroxylation is 1. The highest BCUT2D eigenvalue weighted by atomic mass is 16.3. The Bertz CT molecular complexity index is 717. The predicted octanol–water partition coefficient (Wildman–Crippen LogP) is 1.48. The summed E-state index contributed by atoms with van der Waals surface area (Å²) < 4.78 is 1.57. The van der Waals surface area contributed by atoms with Crippen molar-refractivity contribution < 1.29 is 10.2 Å². The third-order valence-electron chi connectivity index (χ3n) is 2.80. The number of nitrogens with zero attached hydrogens (tertiary/aromatic N) is 3. The molecule has 0 fully saturated rings. The highest BCUT2D eigenvalue weighted by Crippen LogP contribution is 2.23. The summed E-state index contributed by atoms with van der Waals surface area (Å²) in [6.45, 7) is 1.73. The number of rotatable bonds is 1. The Morgan fingerprint density at radius 3 is 2.67 bits per heavy atom. The third-order valence-corrected chi connectivity index (χ3v) is 2.80. The van der Waals surface area contributed by atoms with Crippen molar-refractivity contribution in [3.8, 4) is 22.9 Å². The number of imidazole rings is 1. The molecular formula is C13H10N3O2-. The van der Waals surface area contributed by atoms with Gasteiger partial charge < -0.3 is 10.2 Å². The summed E-state index contributed by atoms with van der Waals surface area (Å²) in [6, 6.07) is 6.38. The molecular weight excluding hydrogens is 230 g/mol. The highest BCUT2D eigenvalue weighted by molar-refractivity contribution is 5.61. The van der Waals surface area contributed by atoms with Crippen LogP contribution in [0.3, 0.4) is 0 Å². The first kappa shape index (κ1) is 10.6. The molecule has 2 heterocycles. The van der Waals surface area contributed by atoms with Crippen LogP contribution in [0.1, 0.15) is 5.69 Å². The number of aromatic nitrogens is 3. The van der Waals surface area contributed by atoms with Gasteiger partial charge >= 0.3 is 0 Å². The van der Waals surface area contributed by atoms with Gasteiger partial charge in [-0.25, -0.2) is 4.98 Å². The van der Waals surface area contributed by atoms with Crippen molar-refractivity contribution >= 4 is 5.65 Å². The Morgan fingerprint density at radius 2 is 1.94 bits per heavy atom. The van der Waals surface area contributed by atoms with Crippen LogP contribution in [0.5, 0.6) is 11.6 Å². The standard InChI is InChI=1S/C13H11N3O2/c1-8-13(18)16-7-11(14-6-12(16)15-8)9-2-4-10(17)5-3-9/h2-7,17-18H,1H3/p-1. The van der Waals surface area contributed by atoms with Crippen molar-refractivity contribution in [3.05, 3.63) is 42.4 Å². The van der Waals surface area contributed by atoms with Crippen molar-refractivity contribution in [3.63, 3.8) is 0 Å². The van der Waals surface area contributed by atoms with Crippen LogP contribution in [0.25, 0.3) is 16.9 Å². The molecule has 2 aromatic heterocycles. The maximum absolute atomic E-state index is 11.0. The molecule has 1 aromatic carbocycles. The third kappa shape index (κ3) is 1.57. The average Bonchev–Trinajstić information content (AvgIpc) is 2.66. The first-order valence-electron chi connectivity index (χ1n) is 5.46. The van der Waals surface area contributed by atoms with Crippen LogP contribution in [-0.2, 0) is 0 Å². The summed E-state index contributed by atoms with van der Waals surface area (Å²) in [6.07, 6.45) is 3.29. The van der Waals surface area contributed by atoms with E-state index in [1.54, 1.807) is 35.9 Å². The van der Waals surface area contributed by atoms with Crippen molar-refractivity contribution in [1.82, 2.24) is 14.4 Å². The Balaban J connectivity index is 2.18. The Kier molecular flexibility index (Phi) is 2.19. The summed E-state index contributed by atoms with van der Waals surface area (Å²) >= 11 is 0. The van der Waals surface area contributed by atoms with Crippen molar-refractivity contribution in [1.29, 1.82) is 0 Å². The minimum absolute atomic E-state index is 0.0406. The van der Waals surface area contributed by atoms with Crippen LogP contribution in [0.2, 0.25) is 0 Å². The molecule has 0 aliphatic heterocycles. The minimum atomic E-state index is -0.0406. The van der Waals surface area contributed by atoms with E-state index in [9.17, 15) is 10.2 Å². The van der Waals surface area contributed by atoms with Gasteiger partial charge in [-0.05, 0) is 6.92 Å². The van der Waals surface area contributed by atoms with E-state index in [1.165, 1.54) is 12.1 Å². The van der Waals surface area contributed by atoms with E-state index in [0.29, 0.717) is 17.0 Å². The predicted molar refractivity (Wildman–Crippen MR) is 64.3 cm³/mol. The zero-order chi connectivity index (χ0) is 12.7. The largest absolute Gasteiger partial charge is 0.872 e. The molecule has 0 amide bonds. The van der Waals surface area contributed by atoms with E-state index >= 15 is 0 Å². The fourth-order valence-corrected chi connectivity index (χ4v) is 1.83. The quantitative estimate of drug-likeness (QED) is 0.699. The van der Waals surface area contributed by atoms with E-state index in [-0.39, 0.29) is 11.6 Å². The topological polar surface area (TPSA) is 73.5 Å². The number of benzene rings is 1. The fourth-order valence-electron chi connectivity index (χ4n) is 1.83. The molecule has 3 rings (SSSR count). The van der Waals surface area contributed by atoms with E-state index in [2.05, 4.69) is 9.97 Å². The van der Waals surface area contributed by atoms with Crippen LogP contribution in [0.4, 0.5) is 0 Å². The van der Waals surface area contributed by atoms with Gasteiger partial charge in [-0.1, -0.05) is 24.3 Å². The Morgan fingerprint density at radius 1 is 1.22 bits per heavy atom.